The van der Waals surface area contributed by atoms with Crippen molar-refractivity contribution < 1.29 is 23.5 Å². The standard InChI is InChI=1S/C19H19FN2O4S/c1-3-25-18(23)16-15(10-26-14-6-4-13(20)5-7-14)22(2)19(24)21-17(16)12-8-9-27-11-12/h4-9,11,17H,3,10H2,1-2H3,(H,21,24)/t17-/m0/s1. The second-order valence-electron chi connectivity index (χ2n) is 5.82. The van der Waals surface area contributed by atoms with E-state index in [2.05, 4.69) is 5.32 Å². The van der Waals surface area contributed by atoms with E-state index < -0.39 is 12.0 Å². The Kier molecular flexibility index (Phi) is 5.75. The van der Waals surface area contributed by atoms with Crippen LogP contribution in [0.15, 0.2) is 52.4 Å². The summed E-state index contributed by atoms with van der Waals surface area (Å²) in [5.41, 5.74) is 1.51. The molecule has 2 aromatic rings. The fourth-order valence-corrected chi connectivity index (χ4v) is 3.44. The first kappa shape index (κ1) is 18.9. The number of ether oxygens (including phenoxy) is 2. The summed E-state index contributed by atoms with van der Waals surface area (Å²) in [6.07, 6.45) is 0. The number of nitrogens with one attached hydrogen (secondary N) is 1. The number of nitrogens with zero attached hydrogens (tertiary/aromatic N) is 1. The highest BCUT2D eigenvalue weighted by Crippen LogP contribution is 2.32. The number of hydrogen-bond acceptors (Lipinski definition) is 5. The largest absolute Gasteiger partial charge is 0.487 e. The van der Waals surface area contributed by atoms with E-state index >= 15 is 0 Å². The summed E-state index contributed by atoms with van der Waals surface area (Å²) < 4.78 is 24.0. The molecule has 3 rings (SSSR count). The molecule has 2 heterocycles. The molecule has 1 aromatic carbocycles. The second-order valence-corrected chi connectivity index (χ2v) is 6.60. The van der Waals surface area contributed by atoms with Gasteiger partial charge in [0.05, 0.1) is 23.9 Å². The lowest BCUT2D eigenvalue weighted by atomic mass is 9.97. The quantitative estimate of drug-likeness (QED) is 0.767. The van der Waals surface area contributed by atoms with Crippen molar-refractivity contribution in [1.29, 1.82) is 0 Å². The molecule has 0 fully saturated rings. The van der Waals surface area contributed by atoms with Crippen molar-refractivity contribution in [2.75, 3.05) is 20.3 Å². The van der Waals surface area contributed by atoms with E-state index in [0.717, 1.165) is 5.56 Å². The highest BCUT2D eigenvalue weighted by molar-refractivity contribution is 7.08. The number of thiophene rings is 1. The van der Waals surface area contributed by atoms with Crippen LogP contribution in [0.2, 0.25) is 0 Å². The summed E-state index contributed by atoms with van der Waals surface area (Å²) in [6.45, 7) is 1.89. The van der Waals surface area contributed by atoms with Crippen LogP contribution in [-0.2, 0) is 9.53 Å². The zero-order valence-electron chi connectivity index (χ0n) is 14.9. The van der Waals surface area contributed by atoms with E-state index in [1.807, 2.05) is 16.8 Å². The van der Waals surface area contributed by atoms with E-state index in [-0.39, 0.29) is 25.1 Å². The molecular weight excluding hydrogens is 371 g/mol. The predicted molar refractivity (Wildman–Crippen MR) is 98.9 cm³/mol. The Morgan fingerprint density at radius 3 is 2.67 bits per heavy atom. The summed E-state index contributed by atoms with van der Waals surface area (Å²) in [4.78, 5) is 26.4. The van der Waals surface area contributed by atoms with Crippen molar-refractivity contribution in [3.8, 4) is 5.75 Å². The molecule has 1 aliphatic rings. The minimum absolute atomic E-state index is 0.0374. The van der Waals surface area contributed by atoms with Gasteiger partial charge in [-0.2, -0.15) is 11.3 Å². The molecule has 0 radical (unpaired) electrons. The van der Waals surface area contributed by atoms with Gasteiger partial charge < -0.3 is 14.8 Å². The van der Waals surface area contributed by atoms with Crippen LogP contribution in [0.5, 0.6) is 5.75 Å². The summed E-state index contributed by atoms with van der Waals surface area (Å²) in [5, 5.41) is 6.56. The summed E-state index contributed by atoms with van der Waals surface area (Å²) in [6, 6.07) is 6.41. The molecule has 0 saturated heterocycles. The minimum atomic E-state index is -0.620. The molecule has 2 amide bonds. The van der Waals surface area contributed by atoms with Gasteiger partial charge in [-0.25, -0.2) is 14.0 Å². The van der Waals surface area contributed by atoms with Crippen molar-refractivity contribution >= 4 is 23.3 Å². The fraction of sp³-hybridized carbons (Fsp3) is 0.263. The van der Waals surface area contributed by atoms with Crippen LogP contribution in [0, 0.1) is 5.82 Å². The third-order valence-corrected chi connectivity index (χ3v) is 4.84. The van der Waals surface area contributed by atoms with Crippen LogP contribution in [0.25, 0.3) is 0 Å². The van der Waals surface area contributed by atoms with Crippen molar-refractivity contribution in [3.05, 3.63) is 63.7 Å². The number of carbonyl (C=O) groups excluding carboxylic acids is 2. The minimum Gasteiger partial charge on any atom is -0.487 e. The first-order chi connectivity index (χ1) is 13.0. The molecule has 1 N–H and O–H groups in total. The molecule has 1 aliphatic heterocycles. The number of likely N-dealkylation sites (N-methyl/N-ethyl adjacent to an activating group) is 1. The fourth-order valence-electron chi connectivity index (χ4n) is 2.75. The van der Waals surface area contributed by atoms with Crippen LogP contribution in [0.3, 0.4) is 0 Å². The highest BCUT2D eigenvalue weighted by Gasteiger charge is 2.37. The maximum Gasteiger partial charge on any atom is 0.338 e. The molecule has 0 bridgehead atoms. The topological polar surface area (TPSA) is 67.9 Å². The van der Waals surface area contributed by atoms with Gasteiger partial charge in [-0.15, -0.1) is 0 Å². The van der Waals surface area contributed by atoms with Gasteiger partial charge >= 0.3 is 12.0 Å². The van der Waals surface area contributed by atoms with Gasteiger partial charge in [0.2, 0.25) is 0 Å². The number of esters is 1. The van der Waals surface area contributed by atoms with Crippen LogP contribution >= 0.6 is 11.3 Å². The van der Waals surface area contributed by atoms with Gasteiger partial charge in [0.15, 0.2) is 0 Å². The van der Waals surface area contributed by atoms with E-state index in [1.54, 1.807) is 14.0 Å². The summed E-state index contributed by atoms with van der Waals surface area (Å²) >= 11 is 1.47. The normalized spacial score (nSPS) is 16.9. The van der Waals surface area contributed by atoms with Crippen molar-refractivity contribution in [3.63, 3.8) is 0 Å². The number of hydrogen-bond donors (Lipinski definition) is 1. The van der Waals surface area contributed by atoms with E-state index in [4.69, 9.17) is 9.47 Å². The van der Waals surface area contributed by atoms with E-state index in [1.165, 1.54) is 40.5 Å². The van der Waals surface area contributed by atoms with Crippen molar-refractivity contribution in [2.45, 2.75) is 13.0 Å². The first-order valence-electron chi connectivity index (χ1n) is 8.36. The molecule has 1 atom stereocenters. The van der Waals surface area contributed by atoms with Crippen LogP contribution in [-0.4, -0.2) is 37.2 Å². The summed E-state index contributed by atoms with van der Waals surface area (Å²) in [7, 11) is 1.56. The Hall–Kier alpha value is -2.87. The molecule has 6 nitrogen and oxygen atoms in total. The zero-order valence-corrected chi connectivity index (χ0v) is 15.7. The smallest absolute Gasteiger partial charge is 0.338 e. The molecular formula is C19H19FN2O4S. The Balaban J connectivity index is 1.97. The Morgan fingerprint density at radius 1 is 1.30 bits per heavy atom. The van der Waals surface area contributed by atoms with E-state index in [0.29, 0.717) is 17.0 Å². The lowest BCUT2D eigenvalue weighted by Crippen LogP contribution is -2.48. The van der Waals surface area contributed by atoms with Crippen molar-refractivity contribution in [1.82, 2.24) is 10.2 Å². The molecule has 0 unspecified atom stereocenters. The monoisotopic (exact) mass is 390 g/mol. The molecule has 27 heavy (non-hydrogen) atoms. The predicted octanol–water partition coefficient (Wildman–Crippen LogP) is 3.48. The number of benzene rings is 1. The lowest BCUT2D eigenvalue weighted by Gasteiger charge is -2.34. The van der Waals surface area contributed by atoms with Crippen molar-refractivity contribution in [2.24, 2.45) is 0 Å². The van der Waals surface area contributed by atoms with Crippen LogP contribution < -0.4 is 10.1 Å². The van der Waals surface area contributed by atoms with Crippen LogP contribution in [0.1, 0.15) is 18.5 Å². The number of rotatable bonds is 6. The molecule has 0 spiro atoms. The van der Waals surface area contributed by atoms with E-state index in [9.17, 15) is 14.0 Å². The lowest BCUT2D eigenvalue weighted by molar-refractivity contribution is -0.139. The van der Waals surface area contributed by atoms with Gasteiger partial charge in [0.1, 0.15) is 18.2 Å². The third-order valence-electron chi connectivity index (χ3n) is 4.14. The molecule has 1 aromatic heterocycles. The summed E-state index contributed by atoms with van der Waals surface area (Å²) in [5.74, 6) is -0.461. The third kappa shape index (κ3) is 4.11. The Labute approximate surface area is 160 Å². The van der Waals surface area contributed by atoms with Gasteiger partial charge in [-0.3, -0.25) is 4.90 Å². The Bertz CT molecular complexity index is 849. The number of halogens is 1. The zero-order chi connectivity index (χ0) is 19.4. The molecule has 0 saturated carbocycles. The molecule has 142 valence electrons. The highest BCUT2D eigenvalue weighted by atomic mass is 32.1. The second kappa shape index (κ2) is 8.22. The molecule has 0 aliphatic carbocycles. The Morgan fingerprint density at radius 2 is 2.04 bits per heavy atom. The first-order valence-corrected chi connectivity index (χ1v) is 9.30. The number of urea groups is 1. The van der Waals surface area contributed by atoms with Gasteiger partial charge in [-0.1, -0.05) is 0 Å². The number of amides is 2. The maximum absolute atomic E-state index is 13.1. The van der Waals surface area contributed by atoms with Gasteiger partial charge in [-0.05, 0) is 53.6 Å². The average Bonchev–Trinajstić information content (AvgIpc) is 3.18. The number of carbonyl (C=O) groups is 2. The average molecular weight is 390 g/mol. The van der Waals surface area contributed by atoms with Crippen LogP contribution in [0.4, 0.5) is 9.18 Å². The SMILES string of the molecule is CCOC(=O)C1=C(COc2ccc(F)cc2)N(C)C(=O)N[C@H]1c1ccsc1. The van der Waals surface area contributed by atoms with Gasteiger partial charge in [0.25, 0.3) is 0 Å². The van der Waals surface area contributed by atoms with Gasteiger partial charge in [0, 0.05) is 7.05 Å². The molecule has 8 heteroatoms. The maximum atomic E-state index is 13.1.